The Kier molecular flexibility index (Phi) is 5.13. The van der Waals surface area contributed by atoms with Crippen molar-refractivity contribution in [3.05, 3.63) is 58.4 Å². The van der Waals surface area contributed by atoms with Gasteiger partial charge in [-0.05, 0) is 49.2 Å². The summed E-state index contributed by atoms with van der Waals surface area (Å²) in [7, 11) is 1.62. The molecule has 1 heterocycles. The van der Waals surface area contributed by atoms with Crippen molar-refractivity contribution in [1.82, 2.24) is 5.32 Å². The molecular formula is C19H20ClFN2O2. The monoisotopic (exact) mass is 362 g/mol. The van der Waals surface area contributed by atoms with Crippen LogP contribution in [0.5, 0.6) is 5.75 Å². The van der Waals surface area contributed by atoms with Gasteiger partial charge in [-0.15, -0.1) is 0 Å². The van der Waals surface area contributed by atoms with E-state index in [9.17, 15) is 9.18 Å². The number of hydrogen-bond donors (Lipinski definition) is 1. The first kappa shape index (κ1) is 17.5. The summed E-state index contributed by atoms with van der Waals surface area (Å²) >= 11 is 6.10. The van der Waals surface area contributed by atoms with E-state index in [2.05, 4.69) is 10.2 Å². The zero-order chi connectivity index (χ0) is 18.0. The lowest BCUT2D eigenvalue weighted by atomic mass is 10.1. The van der Waals surface area contributed by atoms with Crippen LogP contribution in [0.3, 0.4) is 0 Å². The number of hydrogen-bond acceptors (Lipinski definition) is 3. The van der Waals surface area contributed by atoms with Crippen molar-refractivity contribution in [3.63, 3.8) is 0 Å². The maximum atomic E-state index is 13.4. The number of benzene rings is 2. The van der Waals surface area contributed by atoms with Crippen LogP contribution in [0.1, 0.15) is 22.3 Å². The summed E-state index contributed by atoms with van der Waals surface area (Å²) in [6, 6.07) is 9.71. The van der Waals surface area contributed by atoms with Gasteiger partial charge < -0.3 is 15.0 Å². The molecule has 1 atom stereocenters. The third-order valence-electron chi connectivity index (χ3n) is 4.45. The second-order valence-electron chi connectivity index (χ2n) is 6.18. The Morgan fingerprint density at radius 1 is 1.32 bits per heavy atom. The van der Waals surface area contributed by atoms with E-state index in [1.807, 2.05) is 12.1 Å². The van der Waals surface area contributed by atoms with Crippen molar-refractivity contribution in [2.24, 2.45) is 0 Å². The molecule has 0 spiro atoms. The highest BCUT2D eigenvalue weighted by Crippen LogP contribution is 2.33. The number of rotatable bonds is 4. The van der Waals surface area contributed by atoms with Gasteiger partial charge in [-0.25, -0.2) is 4.39 Å². The molecule has 0 aromatic heterocycles. The molecule has 0 aliphatic carbocycles. The van der Waals surface area contributed by atoms with Gasteiger partial charge in [-0.3, -0.25) is 4.79 Å². The number of nitrogens with one attached hydrogen (secondary N) is 1. The zero-order valence-electron chi connectivity index (χ0n) is 14.2. The van der Waals surface area contributed by atoms with Gasteiger partial charge in [0.1, 0.15) is 11.6 Å². The van der Waals surface area contributed by atoms with Gasteiger partial charge in [0.25, 0.3) is 5.91 Å². The zero-order valence-corrected chi connectivity index (χ0v) is 14.9. The Morgan fingerprint density at radius 2 is 2.12 bits per heavy atom. The predicted octanol–water partition coefficient (Wildman–Crippen LogP) is 3.80. The quantitative estimate of drug-likeness (QED) is 0.899. The van der Waals surface area contributed by atoms with E-state index in [0.29, 0.717) is 17.1 Å². The number of methoxy groups -OCH3 is 1. The topological polar surface area (TPSA) is 41.6 Å². The fraction of sp³-hybridized carbons (Fsp3) is 0.316. The van der Waals surface area contributed by atoms with E-state index in [-0.39, 0.29) is 11.9 Å². The smallest absolute Gasteiger partial charge is 0.251 e. The van der Waals surface area contributed by atoms with Gasteiger partial charge in [-0.1, -0.05) is 17.7 Å². The molecule has 1 saturated heterocycles. The van der Waals surface area contributed by atoms with Gasteiger partial charge in [0.2, 0.25) is 0 Å². The highest BCUT2D eigenvalue weighted by atomic mass is 35.5. The molecule has 3 rings (SSSR count). The highest BCUT2D eigenvalue weighted by Gasteiger charge is 2.26. The SMILES string of the molecule is COc1ccc(Cl)cc1N1CCC(NC(=O)c2cc(F)ccc2C)C1. The van der Waals surface area contributed by atoms with Gasteiger partial charge in [0.15, 0.2) is 0 Å². The van der Waals surface area contributed by atoms with E-state index in [4.69, 9.17) is 16.3 Å². The number of carbonyl (C=O) groups excluding carboxylic acids is 1. The van der Waals surface area contributed by atoms with E-state index < -0.39 is 5.82 Å². The van der Waals surface area contributed by atoms with Crippen LogP contribution < -0.4 is 15.0 Å². The lowest BCUT2D eigenvalue weighted by Gasteiger charge is -2.22. The summed E-state index contributed by atoms with van der Waals surface area (Å²) in [5.74, 6) is 0.0896. The molecule has 0 bridgehead atoms. The summed E-state index contributed by atoms with van der Waals surface area (Å²) in [6.07, 6.45) is 0.801. The third kappa shape index (κ3) is 3.87. The van der Waals surface area contributed by atoms with Gasteiger partial charge in [0, 0.05) is 29.7 Å². The van der Waals surface area contributed by atoms with E-state index in [1.165, 1.54) is 12.1 Å². The minimum Gasteiger partial charge on any atom is -0.495 e. The molecule has 2 aromatic rings. The first-order valence-corrected chi connectivity index (χ1v) is 8.51. The predicted molar refractivity (Wildman–Crippen MR) is 97.2 cm³/mol. The van der Waals surface area contributed by atoms with Crippen molar-refractivity contribution in [2.45, 2.75) is 19.4 Å². The molecule has 1 amide bonds. The lowest BCUT2D eigenvalue weighted by molar-refractivity contribution is 0.0939. The van der Waals surface area contributed by atoms with Crippen molar-refractivity contribution < 1.29 is 13.9 Å². The molecule has 1 aliphatic rings. The van der Waals surface area contributed by atoms with Crippen LogP contribution in [-0.4, -0.2) is 32.1 Å². The van der Waals surface area contributed by atoms with Crippen molar-refractivity contribution >= 4 is 23.2 Å². The molecular weight excluding hydrogens is 343 g/mol. The van der Waals surface area contributed by atoms with Crippen LogP contribution in [0.15, 0.2) is 36.4 Å². The van der Waals surface area contributed by atoms with Gasteiger partial charge in [-0.2, -0.15) is 0 Å². The molecule has 6 heteroatoms. The Labute approximate surface area is 151 Å². The molecule has 25 heavy (non-hydrogen) atoms. The number of aryl methyl sites for hydroxylation is 1. The Bertz CT molecular complexity index is 797. The van der Waals surface area contributed by atoms with Crippen molar-refractivity contribution in [2.75, 3.05) is 25.1 Å². The number of ether oxygens (including phenoxy) is 1. The fourth-order valence-electron chi connectivity index (χ4n) is 3.11. The van der Waals surface area contributed by atoms with Crippen molar-refractivity contribution in [3.8, 4) is 5.75 Å². The minimum atomic E-state index is -0.410. The molecule has 0 radical (unpaired) electrons. The summed E-state index contributed by atoms with van der Waals surface area (Å²) in [5, 5.41) is 3.63. The standard InChI is InChI=1S/C19H20ClFN2O2/c1-12-3-5-14(21)10-16(12)19(24)22-15-7-8-23(11-15)17-9-13(20)4-6-18(17)25-2/h3-6,9-10,15H,7-8,11H2,1-2H3,(H,22,24). The fourth-order valence-corrected chi connectivity index (χ4v) is 3.28. The number of anilines is 1. The van der Waals surface area contributed by atoms with Crippen LogP contribution in [-0.2, 0) is 0 Å². The Hall–Kier alpha value is -2.27. The summed E-state index contributed by atoms with van der Waals surface area (Å²) in [6.45, 7) is 3.23. The third-order valence-corrected chi connectivity index (χ3v) is 4.68. The number of carbonyl (C=O) groups is 1. The molecule has 132 valence electrons. The Morgan fingerprint density at radius 3 is 2.88 bits per heavy atom. The molecule has 1 fully saturated rings. The maximum Gasteiger partial charge on any atom is 0.251 e. The van der Waals surface area contributed by atoms with E-state index >= 15 is 0 Å². The molecule has 1 unspecified atom stereocenters. The average Bonchev–Trinajstić information content (AvgIpc) is 3.05. The summed E-state index contributed by atoms with van der Waals surface area (Å²) in [4.78, 5) is 14.6. The van der Waals surface area contributed by atoms with Gasteiger partial charge >= 0.3 is 0 Å². The van der Waals surface area contributed by atoms with Crippen LogP contribution >= 0.6 is 11.6 Å². The van der Waals surface area contributed by atoms with Crippen molar-refractivity contribution in [1.29, 1.82) is 0 Å². The molecule has 4 nitrogen and oxygen atoms in total. The van der Waals surface area contributed by atoms with Crippen LogP contribution in [0.4, 0.5) is 10.1 Å². The van der Waals surface area contributed by atoms with E-state index in [1.54, 1.807) is 26.2 Å². The summed E-state index contributed by atoms with van der Waals surface area (Å²) in [5.41, 5.74) is 2.04. The Balaban J connectivity index is 1.70. The molecule has 1 N–H and O–H groups in total. The summed E-state index contributed by atoms with van der Waals surface area (Å²) < 4.78 is 18.8. The molecule has 2 aromatic carbocycles. The van der Waals surface area contributed by atoms with E-state index in [0.717, 1.165) is 30.0 Å². The number of halogens is 2. The van der Waals surface area contributed by atoms with Crippen LogP contribution in [0, 0.1) is 12.7 Å². The highest BCUT2D eigenvalue weighted by molar-refractivity contribution is 6.30. The molecule has 0 saturated carbocycles. The van der Waals surface area contributed by atoms with Crippen LogP contribution in [0.25, 0.3) is 0 Å². The second-order valence-corrected chi connectivity index (χ2v) is 6.62. The molecule has 1 aliphatic heterocycles. The average molecular weight is 363 g/mol. The van der Waals surface area contributed by atoms with Crippen LogP contribution in [0.2, 0.25) is 5.02 Å². The first-order chi connectivity index (χ1) is 12.0. The largest absolute Gasteiger partial charge is 0.495 e. The first-order valence-electron chi connectivity index (χ1n) is 8.13. The number of amides is 1. The minimum absolute atomic E-state index is 0.0149. The normalized spacial score (nSPS) is 16.8. The number of nitrogens with zero attached hydrogens (tertiary/aromatic N) is 1. The lowest BCUT2D eigenvalue weighted by Crippen LogP contribution is -2.37. The maximum absolute atomic E-state index is 13.4. The van der Waals surface area contributed by atoms with Gasteiger partial charge in [0.05, 0.1) is 12.8 Å². The second kappa shape index (κ2) is 7.31.